The first-order chi connectivity index (χ1) is 15.6. The number of aliphatic hydroxyl groups excluding tert-OH is 1. The maximum atomic E-state index is 11.8. The van der Waals surface area contributed by atoms with Crippen LogP contribution in [-0.2, 0) is 11.8 Å². The number of likely N-dealkylation sites (tertiary alicyclic amines) is 1. The van der Waals surface area contributed by atoms with Gasteiger partial charge in [-0.3, -0.25) is 4.90 Å². The molecule has 0 radical (unpaired) electrons. The Bertz CT molecular complexity index is 1070. The molecule has 4 nitrogen and oxygen atoms in total. The highest BCUT2D eigenvalue weighted by Gasteiger charge is 2.67. The first-order valence-corrected chi connectivity index (χ1v) is 12.9. The van der Waals surface area contributed by atoms with Crippen LogP contribution in [-0.4, -0.2) is 48.5 Å². The Morgan fingerprint density at radius 3 is 2.75 bits per heavy atom. The molecule has 6 atom stereocenters. The van der Waals surface area contributed by atoms with Crippen LogP contribution in [0.5, 0.6) is 11.5 Å². The molecule has 1 spiro atoms. The Hall–Kier alpha value is -1.56. The van der Waals surface area contributed by atoms with E-state index >= 15 is 0 Å². The highest BCUT2D eigenvalue weighted by Crippen LogP contribution is 2.65. The van der Waals surface area contributed by atoms with E-state index < -0.39 is 6.10 Å². The van der Waals surface area contributed by atoms with Crippen molar-refractivity contribution in [1.29, 1.82) is 0 Å². The number of halogens is 1. The van der Waals surface area contributed by atoms with E-state index in [-0.39, 0.29) is 17.4 Å². The van der Waals surface area contributed by atoms with Gasteiger partial charge < -0.3 is 14.6 Å². The average Bonchev–Trinajstić information content (AvgIpc) is 3.55. The highest BCUT2D eigenvalue weighted by atomic mass is 79.9. The van der Waals surface area contributed by atoms with E-state index in [2.05, 4.69) is 57.2 Å². The summed E-state index contributed by atoms with van der Waals surface area (Å²) < 4.78 is 13.5. The fourth-order valence-electron chi connectivity index (χ4n) is 7.64. The van der Waals surface area contributed by atoms with Gasteiger partial charge in [-0.15, -0.1) is 0 Å². The summed E-state index contributed by atoms with van der Waals surface area (Å²) in [5.74, 6) is 3.21. The van der Waals surface area contributed by atoms with Gasteiger partial charge in [-0.25, -0.2) is 0 Å². The van der Waals surface area contributed by atoms with Gasteiger partial charge in [-0.05, 0) is 79.8 Å². The van der Waals surface area contributed by atoms with Gasteiger partial charge in [0, 0.05) is 34.0 Å². The minimum Gasteiger partial charge on any atom is -0.493 e. The number of methoxy groups -OCH3 is 1. The predicted octanol–water partition coefficient (Wildman–Crippen LogP) is 4.66. The summed E-state index contributed by atoms with van der Waals surface area (Å²) in [7, 11) is 1.73. The molecule has 0 amide bonds. The molecule has 2 bridgehead atoms. The Morgan fingerprint density at radius 1 is 1.19 bits per heavy atom. The van der Waals surface area contributed by atoms with Crippen LogP contribution in [0.15, 0.2) is 40.9 Å². The minimum absolute atomic E-state index is 0.0898. The zero-order valence-corrected chi connectivity index (χ0v) is 20.1. The third-order valence-electron chi connectivity index (χ3n) is 9.20. The molecule has 0 aromatic heterocycles. The maximum absolute atomic E-state index is 11.8. The van der Waals surface area contributed by atoms with E-state index in [0.29, 0.717) is 12.0 Å². The van der Waals surface area contributed by atoms with E-state index in [4.69, 9.17) is 9.47 Å². The Balaban J connectivity index is 1.37. The second-order valence-corrected chi connectivity index (χ2v) is 11.6. The van der Waals surface area contributed by atoms with Crippen LogP contribution in [0.25, 0.3) is 0 Å². The van der Waals surface area contributed by atoms with Crippen molar-refractivity contribution in [3.05, 3.63) is 57.6 Å². The molecule has 5 heteroatoms. The van der Waals surface area contributed by atoms with Crippen molar-refractivity contribution >= 4 is 15.9 Å². The topological polar surface area (TPSA) is 41.9 Å². The van der Waals surface area contributed by atoms with E-state index in [1.165, 1.54) is 36.1 Å². The number of hydrogen-bond donors (Lipinski definition) is 1. The van der Waals surface area contributed by atoms with Gasteiger partial charge in [0.25, 0.3) is 0 Å². The Kier molecular flexibility index (Phi) is 4.33. The smallest absolute Gasteiger partial charge is 0.165 e. The van der Waals surface area contributed by atoms with Crippen LogP contribution in [0.2, 0.25) is 0 Å². The first kappa shape index (κ1) is 19.9. The number of benzene rings is 2. The van der Waals surface area contributed by atoms with E-state index in [0.717, 1.165) is 47.7 Å². The van der Waals surface area contributed by atoms with Crippen molar-refractivity contribution in [2.24, 2.45) is 11.8 Å². The summed E-state index contributed by atoms with van der Waals surface area (Å²) in [6, 6.07) is 13.4. The summed E-state index contributed by atoms with van der Waals surface area (Å²) in [5.41, 5.74) is 3.91. The zero-order valence-electron chi connectivity index (χ0n) is 18.5. The van der Waals surface area contributed by atoms with Gasteiger partial charge in [-0.1, -0.05) is 34.1 Å². The fourth-order valence-corrected chi connectivity index (χ4v) is 7.91. The van der Waals surface area contributed by atoms with Crippen molar-refractivity contribution < 1.29 is 14.6 Å². The Labute approximate surface area is 198 Å². The lowest BCUT2D eigenvalue weighted by molar-refractivity contribution is -0.114. The molecule has 2 saturated carbocycles. The largest absolute Gasteiger partial charge is 0.493 e. The lowest BCUT2D eigenvalue weighted by atomic mass is 9.49. The van der Waals surface area contributed by atoms with Gasteiger partial charge in [0.2, 0.25) is 0 Å². The van der Waals surface area contributed by atoms with Gasteiger partial charge in [0.1, 0.15) is 6.10 Å². The van der Waals surface area contributed by atoms with Crippen molar-refractivity contribution in [3.63, 3.8) is 0 Å². The van der Waals surface area contributed by atoms with Crippen LogP contribution in [0.4, 0.5) is 0 Å². The fraction of sp³-hybridized carbons (Fsp3) is 0.556. The molecule has 168 valence electrons. The lowest BCUT2D eigenvalue weighted by Gasteiger charge is -2.60. The number of rotatable bonds is 4. The van der Waals surface area contributed by atoms with Crippen molar-refractivity contribution in [1.82, 2.24) is 4.90 Å². The molecule has 32 heavy (non-hydrogen) atoms. The third-order valence-corrected chi connectivity index (χ3v) is 9.73. The number of piperidine rings is 1. The lowest BCUT2D eigenvalue weighted by Crippen LogP contribution is -2.68. The van der Waals surface area contributed by atoms with Gasteiger partial charge >= 0.3 is 0 Å². The normalized spacial score (nSPS) is 37.0. The minimum atomic E-state index is -0.522. The average molecular weight is 496 g/mol. The van der Waals surface area contributed by atoms with E-state index in [1.807, 2.05) is 0 Å². The monoisotopic (exact) mass is 495 g/mol. The Morgan fingerprint density at radius 2 is 2.00 bits per heavy atom. The van der Waals surface area contributed by atoms with Crippen LogP contribution in [0.1, 0.15) is 48.3 Å². The van der Waals surface area contributed by atoms with Crippen molar-refractivity contribution in [2.45, 2.75) is 61.7 Å². The predicted molar refractivity (Wildman–Crippen MR) is 126 cm³/mol. The summed E-state index contributed by atoms with van der Waals surface area (Å²) in [5, 5.41) is 11.8. The quantitative estimate of drug-likeness (QED) is 0.669. The molecule has 2 aromatic carbocycles. The molecule has 2 heterocycles. The molecule has 2 aliphatic heterocycles. The molecular weight excluding hydrogens is 466 g/mol. The molecular formula is C27H30BrNO3. The highest BCUT2D eigenvalue weighted by molar-refractivity contribution is 9.10. The zero-order chi connectivity index (χ0) is 21.6. The molecule has 3 fully saturated rings. The summed E-state index contributed by atoms with van der Waals surface area (Å²) in [6.07, 6.45) is 5.24. The van der Waals surface area contributed by atoms with E-state index in [9.17, 15) is 5.11 Å². The molecule has 3 aliphatic carbocycles. The van der Waals surface area contributed by atoms with Crippen LogP contribution in [0.3, 0.4) is 0 Å². The molecule has 5 aliphatic rings. The maximum Gasteiger partial charge on any atom is 0.165 e. The molecule has 7 rings (SSSR count). The van der Waals surface area contributed by atoms with Crippen LogP contribution < -0.4 is 9.47 Å². The number of ether oxygens (including phenoxy) is 2. The third kappa shape index (κ3) is 2.62. The van der Waals surface area contributed by atoms with Crippen molar-refractivity contribution in [3.8, 4) is 11.5 Å². The van der Waals surface area contributed by atoms with E-state index in [1.54, 1.807) is 7.11 Å². The molecule has 0 unspecified atom stereocenters. The number of nitrogens with zero attached hydrogens (tertiary/aromatic N) is 1. The van der Waals surface area contributed by atoms with Crippen LogP contribution >= 0.6 is 15.9 Å². The first-order valence-electron chi connectivity index (χ1n) is 12.1. The van der Waals surface area contributed by atoms with Gasteiger partial charge in [0.05, 0.1) is 13.2 Å². The number of hydrogen-bond acceptors (Lipinski definition) is 4. The standard InChI is InChI=1S/C27H30BrNO3/c1-31-22-9-6-17-12-21-20-13-19(16-4-7-18(28)8-5-16)24(30)26-27(20,23(17)25(22)32-26)10-11-29(21)14-15-2-3-15/h4-9,15,19-21,24,26,30H,2-3,10-14H2,1H3/t19-,20+,21-,24+,26+,27+/m1/s1. The SMILES string of the molecule is COc1ccc2c3c1O[C@H]1[C@@H](O)[C@@H](c4ccc(Br)cc4)C[C@H]4[C@@H](C2)N(CC2CC2)CC[C@@]341. The van der Waals surface area contributed by atoms with Gasteiger partial charge in [-0.2, -0.15) is 0 Å². The second kappa shape index (κ2) is 6.97. The summed E-state index contributed by atoms with van der Waals surface area (Å²) in [4.78, 5) is 2.80. The van der Waals surface area contributed by atoms with Crippen LogP contribution in [0, 0.1) is 11.8 Å². The number of aliphatic hydroxyl groups is 1. The molecule has 1 saturated heterocycles. The summed E-state index contributed by atoms with van der Waals surface area (Å²) in [6.45, 7) is 2.36. The summed E-state index contributed by atoms with van der Waals surface area (Å²) >= 11 is 3.57. The second-order valence-electron chi connectivity index (χ2n) is 10.7. The molecule has 2 aromatic rings. The molecule has 1 N–H and O–H groups in total. The van der Waals surface area contributed by atoms with Crippen molar-refractivity contribution in [2.75, 3.05) is 20.2 Å². The van der Waals surface area contributed by atoms with Gasteiger partial charge in [0.15, 0.2) is 11.5 Å².